The van der Waals surface area contributed by atoms with Gasteiger partial charge >= 0.3 is 0 Å². The summed E-state index contributed by atoms with van der Waals surface area (Å²) >= 11 is 0. The molecule has 5 nitrogen and oxygen atoms in total. The Morgan fingerprint density at radius 3 is 2.04 bits per heavy atom. The van der Waals surface area contributed by atoms with Crippen molar-refractivity contribution in [3.05, 3.63) is 58.7 Å². The Bertz CT molecular complexity index is 831. The van der Waals surface area contributed by atoms with Gasteiger partial charge in [0, 0.05) is 19.8 Å². The van der Waals surface area contributed by atoms with Gasteiger partial charge in [-0.25, -0.2) is 4.83 Å². The van der Waals surface area contributed by atoms with Gasteiger partial charge in [-0.05, 0) is 49.6 Å². The summed E-state index contributed by atoms with van der Waals surface area (Å²) in [6.07, 6.45) is 1.50. The summed E-state index contributed by atoms with van der Waals surface area (Å²) in [6, 6.07) is 11.4. The summed E-state index contributed by atoms with van der Waals surface area (Å²) in [5.41, 5.74) is 4.35. The van der Waals surface area contributed by atoms with Crippen LogP contribution >= 0.6 is 0 Å². The highest BCUT2D eigenvalue weighted by molar-refractivity contribution is 7.89. The van der Waals surface area contributed by atoms with E-state index in [0.29, 0.717) is 11.1 Å². The lowest BCUT2D eigenvalue weighted by Gasteiger charge is -2.12. The molecule has 1 N–H and O–H groups in total. The third-order valence-electron chi connectivity index (χ3n) is 3.67. The standard InChI is InChI=1S/C18H23N3O2S/c1-13-10-14(2)18(15(3)11-13)24(22,23)20-19-12-16-6-8-17(9-7-16)21(4)5/h6-12,20H,1-5H3/b19-12+. The van der Waals surface area contributed by atoms with Crippen LogP contribution in [0.2, 0.25) is 0 Å². The van der Waals surface area contributed by atoms with Crippen molar-refractivity contribution in [1.29, 1.82) is 0 Å². The molecule has 6 heteroatoms. The Balaban J connectivity index is 2.18. The van der Waals surface area contributed by atoms with Crippen molar-refractivity contribution in [1.82, 2.24) is 4.83 Å². The molecule has 0 amide bonds. The van der Waals surface area contributed by atoms with Crippen molar-refractivity contribution in [2.24, 2.45) is 5.10 Å². The molecule has 0 unspecified atom stereocenters. The van der Waals surface area contributed by atoms with Gasteiger partial charge in [0.1, 0.15) is 0 Å². The number of benzene rings is 2. The van der Waals surface area contributed by atoms with Gasteiger partial charge in [-0.1, -0.05) is 29.8 Å². The highest BCUT2D eigenvalue weighted by Crippen LogP contribution is 2.21. The molecule has 0 radical (unpaired) electrons. The van der Waals surface area contributed by atoms with Crippen molar-refractivity contribution >= 4 is 21.9 Å². The van der Waals surface area contributed by atoms with Crippen LogP contribution < -0.4 is 9.73 Å². The fraction of sp³-hybridized carbons (Fsp3) is 0.278. The van der Waals surface area contributed by atoms with Crippen molar-refractivity contribution in [2.75, 3.05) is 19.0 Å². The number of nitrogens with zero attached hydrogens (tertiary/aromatic N) is 2. The molecule has 2 rings (SSSR count). The van der Waals surface area contributed by atoms with Crippen LogP contribution in [0.4, 0.5) is 5.69 Å². The van der Waals surface area contributed by atoms with E-state index in [1.165, 1.54) is 6.21 Å². The number of hydrazone groups is 1. The second kappa shape index (κ2) is 7.05. The zero-order valence-corrected chi connectivity index (χ0v) is 15.5. The van der Waals surface area contributed by atoms with Gasteiger partial charge in [0.05, 0.1) is 11.1 Å². The minimum Gasteiger partial charge on any atom is -0.378 e. The maximum Gasteiger partial charge on any atom is 0.277 e. The van der Waals surface area contributed by atoms with Crippen LogP contribution in [0.3, 0.4) is 0 Å². The number of sulfonamides is 1. The zero-order valence-electron chi connectivity index (χ0n) is 14.7. The van der Waals surface area contributed by atoms with Crippen molar-refractivity contribution < 1.29 is 8.42 Å². The van der Waals surface area contributed by atoms with E-state index in [0.717, 1.165) is 16.8 Å². The summed E-state index contributed by atoms with van der Waals surface area (Å²) in [4.78, 5) is 4.57. The number of hydrogen-bond donors (Lipinski definition) is 1. The Morgan fingerprint density at radius 2 is 1.54 bits per heavy atom. The maximum absolute atomic E-state index is 12.5. The molecule has 0 aliphatic heterocycles. The second-order valence-corrected chi connectivity index (χ2v) is 7.66. The van der Waals surface area contributed by atoms with E-state index >= 15 is 0 Å². The molecule has 2 aromatic carbocycles. The van der Waals surface area contributed by atoms with Crippen LogP contribution in [0.1, 0.15) is 22.3 Å². The van der Waals surface area contributed by atoms with E-state index in [-0.39, 0.29) is 4.90 Å². The summed E-state index contributed by atoms with van der Waals surface area (Å²) in [6.45, 7) is 5.52. The Labute approximate surface area is 144 Å². The van der Waals surface area contributed by atoms with Crippen LogP contribution in [0, 0.1) is 20.8 Å². The Kier molecular flexibility index (Phi) is 5.29. The molecule has 0 fully saturated rings. The average Bonchev–Trinajstić information content (AvgIpc) is 2.46. The predicted octanol–water partition coefficient (Wildman–Crippen LogP) is 2.99. The molecular weight excluding hydrogens is 322 g/mol. The zero-order chi connectivity index (χ0) is 17.9. The maximum atomic E-state index is 12.5. The summed E-state index contributed by atoms with van der Waals surface area (Å²) in [5, 5.41) is 3.89. The number of hydrogen-bond acceptors (Lipinski definition) is 4. The lowest BCUT2D eigenvalue weighted by molar-refractivity contribution is 0.583. The minimum atomic E-state index is -3.69. The Morgan fingerprint density at radius 1 is 1.00 bits per heavy atom. The first kappa shape index (κ1) is 18.0. The molecule has 0 aromatic heterocycles. The van der Waals surface area contributed by atoms with Gasteiger partial charge in [0.15, 0.2) is 0 Å². The van der Waals surface area contributed by atoms with Gasteiger partial charge in [0.25, 0.3) is 10.0 Å². The van der Waals surface area contributed by atoms with Gasteiger partial charge in [-0.2, -0.15) is 13.5 Å². The molecule has 24 heavy (non-hydrogen) atoms. The summed E-state index contributed by atoms with van der Waals surface area (Å²) in [5.74, 6) is 0. The monoisotopic (exact) mass is 345 g/mol. The molecular formula is C18H23N3O2S. The molecule has 0 aliphatic carbocycles. The number of rotatable bonds is 5. The average molecular weight is 345 g/mol. The fourth-order valence-electron chi connectivity index (χ4n) is 2.67. The normalized spacial score (nSPS) is 11.7. The van der Waals surface area contributed by atoms with Gasteiger partial charge < -0.3 is 4.90 Å². The molecule has 0 bridgehead atoms. The minimum absolute atomic E-state index is 0.285. The van der Waals surface area contributed by atoms with E-state index in [4.69, 9.17) is 0 Å². The predicted molar refractivity (Wildman–Crippen MR) is 99.3 cm³/mol. The largest absolute Gasteiger partial charge is 0.378 e. The quantitative estimate of drug-likeness (QED) is 0.669. The smallest absolute Gasteiger partial charge is 0.277 e. The third-order valence-corrected chi connectivity index (χ3v) is 5.20. The van der Waals surface area contributed by atoms with E-state index in [1.54, 1.807) is 13.8 Å². The van der Waals surface area contributed by atoms with Crippen molar-refractivity contribution in [3.8, 4) is 0 Å². The van der Waals surface area contributed by atoms with Crippen LogP contribution in [-0.2, 0) is 10.0 Å². The number of aryl methyl sites for hydroxylation is 3. The SMILES string of the molecule is Cc1cc(C)c(S(=O)(=O)N/N=C/c2ccc(N(C)C)cc2)c(C)c1. The van der Waals surface area contributed by atoms with Gasteiger partial charge in [-0.15, -0.1) is 0 Å². The van der Waals surface area contributed by atoms with Gasteiger partial charge in [-0.3, -0.25) is 0 Å². The summed E-state index contributed by atoms with van der Waals surface area (Å²) in [7, 11) is 0.237. The van der Waals surface area contributed by atoms with Crippen LogP contribution in [0.5, 0.6) is 0 Å². The first-order chi connectivity index (χ1) is 11.2. The van der Waals surface area contributed by atoms with E-state index in [9.17, 15) is 8.42 Å². The highest BCUT2D eigenvalue weighted by atomic mass is 32.2. The topological polar surface area (TPSA) is 61.8 Å². The lowest BCUT2D eigenvalue weighted by atomic mass is 10.1. The molecule has 0 atom stereocenters. The number of anilines is 1. The highest BCUT2D eigenvalue weighted by Gasteiger charge is 2.18. The van der Waals surface area contributed by atoms with Crippen LogP contribution in [0.25, 0.3) is 0 Å². The van der Waals surface area contributed by atoms with E-state index in [1.807, 2.05) is 62.3 Å². The third kappa shape index (κ3) is 4.14. The molecule has 2 aromatic rings. The summed E-state index contributed by atoms with van der Waals surface area (Å²) < 4.78 is 25.0. The van der Waals surface area contributed by atoms with Crippen LogP contribution in [-0.4, -0.2) is 28.7 Å². The molecule has 0 saturated heterocycles. The van der Waals surface area contributed by atoms with Crippen LogP contribution in [0.15, 0.2) is 46.4 Å². The molecule has 0 spiro atoms. The lowest BCUT2D eigenvalue weighted by Crippen LogP contribution is -2.20. The van der Waals surface area contributed by atoms with E-state index in [2.05, 4.69) is 9.93 Å². The molecule has 128 valence electrons. The fourth-order valence-corrected chi connectivity index (χ4v) is 3.91. The first-order valence-corrected chi connectivity index (χ1v) is 9.09. The second-order valence-electron chi connectivity index (χ2n) is 6.07. The number of nitrogens with one attached hydrogen (secondary N) is 1. The Hall–Kier alpha value is -2.34. The van der Waals surface area contributed by atoms with Crippen molar-refractivity contribution in [2.45, 2.75) is 25.7 Å². The molecule has 0 aliphatic rings. The van der Waals surface area contributed by atoms with Crippen molar-refractivity contribution in [3.63, 3.8) is 0 Å². The van der Waals surface area contributed by atoms with Gasteiger partial charge in [0.2, 0.25) is 0 Å². The molecule has 0 saturated carbocycles. The first-order valence-electron chi connectivity index (χ1n) is 7.61. The molecule has 0 heterocycles. The van der Waals surface area contributed by atoms with E-state index < -0.39 is 10.0 Å².